The molecule has 35 heavy (non-hydrogen) atoms. The SMILES string of the molecule is CC1CCC(C(=O)N(c2cc(C#CC(C)(C)C)sc2C(=O)O)C(CO)C(=O)N2CCOCC2)CC1. The lowest BCUT2D eigenvalue weighted by Gasteiger charge is -2.37. The molecule has 0 bridgehead atoms. The molecule has 192 valence electrons. The number of hydrogen-bond donors (Lipinski definition) is 2. The normalized spacial score (nSPS) is 21.6. The van der Waals surface area contributed by atoms with E-state index in [0.717, 1.165) is 24.2 Å². The Morgan fingerprint density at radius 3 is 2.37 bits per heavy atom. The summed E-state index contributed by atoms with van der Waals surface area (Å²) in [5.74, 6) is 4.40. The summed E-state index contributed by atoms with van der Waals surface area (Å²) in [6, 6.07) is 0.363. The van der Waals surface area contributed by atoms with Crippen molar-refractivity contribution in [2.75, 3.05) is 37.8 Å². The summed E-state index contributed by atoms with van der Waals surface area (Å²) in [6.45, 7) is 8.88. The number of morpholine rings is 1. The number of carbonyl (C=O) groups excluding carboxylic acids is 2. The molecule has 0 spiro atoms. The fraction of sp³-hybridized carbons (Fsp3) is 0.654. The first-order valence-electron chi connectivity index (χ1n) is 12.2. The van der Waals surface area contributed by atoms with Crippen LogP contribution in [0.25, 0.3) is 0 Å². The van der Waals surface area contributed by atoms with Gasteiger partial charge in [-0.25, -0.2) is 4.79 Å². The smallest absolute Gasteiger partial charge is 0.348 e. The second-order valence-electron chi connectivity index (χ2n) is 10.4. The average Bonchev–Trinajstić information content (AvgIpc) is 3.25. The Labute approximate surface area is 211 Å². The second-order valence-corrected chi connectivity index (χ2v) is 11.5. The lowest BCUT2D eigenvalue weighted by atomic mass is 9.82. The Kier molecular flexibility index (Phi) is 8.97. The molecule has 1 aromatic heterocycles. The summed E-state index contributed by atoms with van der Waals surface area (Å²) >= 11 is 0.983. The Hall–Kier alpha value is -2.41. The average molecular weight is 505 g/mol. The number of rotatable bonds is 6. The molecule has 2 fully saturated rings. The number of anilines is 1. The van der Waals surface area contributed by atoms with Crippen LogP contribution in [0.15, 0.2) is 6.07 Å². The van der Waals surface area contributed by atoms with Gasteiger partial charge in [0.25, 0.3) is 0 Å². The summed E-state index contributed by atoms with van der Waals surface area (Å²) in [4.78, 5) is 42.8. The second kappa shape index (κ2) is 11.5. The monoisotopic (exact) mass is 504 g/mol. The van der Waals surface area contributed by atoms with Crippen LogP contribution in [0.4, 0.5) is 5.69 Å². The molecule has 1 saturated heterocycles. The molecule has 0 aromatic carbocycles. The topological polar surface area (TPSA) is 107 Å². The van der Waals surface area contributed by atoms with Crippen molar-refractivity contribution in [2.24, 2.45) is 17.3 Å². The van der Waals surface area contributed by atoms with Crippen molar-refractivity contribution in [1.82, 2.24) is 4.90 Å². The number of nitrogens with zero attached hydrogens (tertiary/aromatic N) is 2. The molecule has 1 atom stereocenters. The lowest BCUT2D eigenvalue weighted by Crippen LogP contribution is -2.56. The summed E-state index contributed by atoms with van der Waals surface area (Å²) < 4.78 is 5.34. The summed E-state index contributed by atoms with van der Waals surface area (Å²) in [5.41, 5.74) is -0.160. The molecule has 0 radical (unpaired) electrons. The maximum Gasteiger partial charge on any atom is 0.348 e. The number of amides is 2. The van der Waals surface area contributed by atoms with E-state index in [1.54, 1.807) is 11.0 Å². The summed E-state index contributed by atoms with van der Waals surface area (Å²) in [5, 5.41) is 20.3. The summed E-state index contributed by atoms with van der Waals surface area (Å²) in [6.07, 6.45) is 3.12. The van der Waals surface area contributed by atoms with Gasteiger partial charge in [-0.3, -0.25) is 14.5 Å². The van der Waals surface area contributed by atoms with Gasteiger partial charge in [-0.05, 0) is 58.4 Å². The van der Waals surface area contributed by atoms with Crippen molar-refractivity contribution in [3.05, 3.63) is 15.8 Å². The van der Waals surface area contributed by atoms with Crippen LogP contribution in [0.5, 0.6) is 0 Å². The van der Waals surface area contributed by atoms with Gasteiger partial charge < -0.3 is 19.8 Å². The number of aliphatic hydroxyl groups excluding tert-OH is 1. The zero-order valence-corrected chi connectivity index (χ0v) is 21.8. The van der Waals surface area contributed by atoms with E-state index in [1.165, 1.54) is 4.90 Å². The van der Waals surface area contributed by atoms with Crippen molar-refractivity contribution < 1.29 is 29.3 Å². The molecular formula is C26H36N2O6S. The molecule has 3 rings (SSSR count). The third-order valence-corrected chi connectivity index (χ3v) is 7.45. The number of carboxylic acids is 1. The minimum atomic E-state index is -1.21. The molecule has 1 aromatic rings. The van der Waals surface area contributed by atoms with Crippen LogP contribution in [0, 0.1) is 29.1 Å². The van der Waals surface area contributed by atoms with Gasteiger partial charge in [0.2, 0.25) is 11.8 Å². The maximum absolute atomic E-state index is 13.9. The van der Waals surface area contributed by atoms with E-state index in [9.17, 15) is 24.6 Å². The van der Waals surface area contributed by atoms with Crippen LogP contribution < -0.4 is 4.90 Å². The Morgan fingerprint density at radius 2 is 1.83 bits per heavy atom. The molecule has 1 aliphatic heterocycles. The van der Waals surface area contributed by atoms with Crippen LogP contribution in [0.3, 0.4) is 0 Å². The molecule has 8 nitrogen and oxygen atoms in total. The van der Waals surface area contributed by atoms with Gasteiger partial charge in [0.1, 0.15) is 10.9 Å². The number of aliphatic hydroxyl groups is 1. The molecule has 1 saturated carbocycles. The molecule has 2 aliphatic rings. The molecule has 2 N–H and O–H groups in total. The van der Waals surface area contributed by atoms with Crippen LogP contribution in [0.1, 0.15) is 67.9 Å². The first-order chi connectivity index (χ1) is 16.5. The van der Waals surface area contributed by atoms with Crippen molar-refractivity contribution >= 4 is 34.8 Å². The van der Waals surface area contributed by atoms with Crippen molar-refractivity contribution in [3.8, 4) is 11.8 Å². The fourth-order valence-corrected chi connectivity index (χ4v) is 5.27. The minimum Gasteiger partial charge on any atom is -0.477 e. The van der Waals surface area contributed by atoms with Gasteiger partial charge in [-0.1, -0.05) is 18.8 Å². The Morgan fingerprint density at radius 1 is 1.20 bits per heavy atom. The highest BCUT2D eigenvalue weighted by Crippen LogP contribution is 2.36. The van der Waals surface area contributed by atoms with Crippen molar-refractivity contribution in [3.63, 3.8) is 0 Å². The first-order valence-corrected chi connectivity index (χ1v) is 13.0. The fourth-order valence-electron chi connectivity index (χ4n) is 4.43. The van der Waals surface area contributed by atoms with E-state index in [0.29, 0.717) is 49.9 Å². The quantitative estimate of drug-likeness (QED) is 0.576. The van der Waals surface area contributed by atoms with Gasteiger partial charge in [-0.15, -0.1) is 11.3 Å². The number of aromatic carboxylic acids is 1. The predicted molar refractivity (Wildman–Crippen MR) is 134 cm³/mol. The molecule has 1 unspecified atom stereocenters. The van der Waals surface area contributed by atoms with Crippen LogP contribution >= 0.6 is 11.3 Å². The highest BCUT2D eigenvalue weighted by molar-refractivity contribution is 7.15. The molecule has 2 amide bonds. The highest BCUT2D eigenvalue weighted by Gasteiger charge is 2.40. The standard InChI is InChI=1S/C26H36N2O6S/c1-17-5-7-18(8-6-17)23(30)28(21(16-29)24(31)27-11-13-34-14-12-27)20-15-19(9-10-26(2,3)4)35-22(20)25(32)33/h15,17-18,21,29H,5-8,11-14,16H2,1-4H3,(H,32,33). The van der Waals surface area contributed by atoms with E-state index >= 15 is 0 Å². The highest BCUT2D eigenvalue weighted by atomic mass is 32.1. The van der Waals surface area contributed by atoms with E-state index in [2.05, 4.69) is 18.8 Å². The number of carboxylic acid groups (broad SMARTS) is 1. The Bertz CT molecular complexity index is 988. The number of hydrogen-bond acceptors (Lipinski definition) is 6. The minimum absolute atomic E-state index is 0.0611. The molecule has 1 aliphatic carbocycles. The number of thiophene rings is 1. The third kappa shape index (κ3) is 6.84. The first kappa shape index (κ1) is 27.2. The van der Waals surface area contributed by atoms with Crippen molar-refractivity contribution in [1.29, 1.82) is 0 Å². The summed E-state index contributed by atoms with van der Waals surface area (Å²) in [7, 11) is 0. The van der Waals surface area contributed by atoms with Gasteiger partial charge >= 0.3 is 5.97 Å². The molecule has 9 heteroatoms. The van der Waals surface area contributed by atoms with E-state index in [1.807, 2.05) is 20.8 Å². The lowest BCUT2D eigenvalue weighted by molar-refractivity contribution is -0.140. The third-order valence-electron chi connectivity index (χ3n) is 6.42. The Balaban J connectivity index is 2.07. The van der Waals surface area contributed by atoms with Gasteiger partial charge in [0, 0.05) is 24.4 Å². The number of carbonyl (C=O) groups is 3. The van der Waals surface area contributed by atoms with E-state index < -0.39 is 24.5 Å². The zero-order chi connectivity index (χ0) is 25.8. The predicted octanol–water partition coefficient (Wildman–Crippen LogP) is 3.22. The zero-order valence-electron chi connectivity index (χ0n) is 21.0. The van der Waals surface area contributed by atoms with E-state index in [-0.39, 0.29) is 27.8 Å². The van der Waals surface area contributed by atoms with Gasteiger partial charge in [0.05, 0.1) is 30.4 Å². The van der Waals surface area contributed by atoms with Crippen LogP contribution in [-0.4, -0.2) is 71.8 Å². The van der Waals surface area contributed by atoms with Gasteiger partial charge in [0.15, 0.2) is 0 Å². The van der Waals surface area contributed by atoms with Crippen LogP contribution in [0.2, 0.25) is 0 Å². The maximum atomic E-state index is 13.9. The van der Waals surface area contributed by atoms with Crippen LogP contribution in [-0.2, 0) is 14.3 Å². The van der Waals surface area contributed by atoms with Gasteiger partial charge in [-0.2, -0.15) is 0 Å². The number of ether oxygens (including phenoxy) is 1. The molecular weight excluding hydrogens is 468 g/mol. The van der Waals surface area contributed by atoms with Crippen molar-refractivity contribution in [2.45, 2.75) is 59.4 Å². The van der Waals surface area contributed by atoms with E-state index in [4.69, 9.17) is 4.74 Å². The largest absolute Gasteiger partial charge is 0.477 e. The molecule has 2 heterocycles.